The molecule has 0 radical (unpaired) electrons. The van der Waals surface area contributed by atoms with Gasteiger partial charge in [0, 0.05) is 6.54 Å². The first-order valence-corrected chi connectivity index (χ1v) is 7.15. The number of benzene rings is 1. The number of hydrogen-bond acceptors (Lipinski definition) is 3. The van der Waals surface area contributed by atoms with Gasteiger partial charge in [0.2, 0.25) is 0 Å². The maximum atomic E-state index is 12.2. The molecule has 0 fully saturated rings. The van der Waals surface area contributed by atoms with E-state index in [0.717, 1.165) is 29.8 Å². The van der Waals surface area contributed by atoms with Crippen LogP contribution in [0.4, 0.5) is 0 Å². The second-order valence-electron chi connectivity index (χ2n) is 5.42. The fraction of sp³-hybridized carbons (Fsp3) is 0.500. The molecule has 0 aliphatic heterocycles. The normalized spacial score (nSPS) is 11.8. The predicted molar refractivity (Wildman–Crippen MR) is 79.7 cm³/mol. The van der Waals surface area contributed by atoms with Crippen LogP contribution in [0.1, 0.15) is 39.9 Å². The van der Waals surface area contributed by atoms with Gasteiger partial charge in [0.15, 0.2) is 0 Å². The summed E-state index contributed by atoms with van der Waals surface area (Å²) >= 11 is 0. The van der Waals surface area contributed by atoms with E-state index in [-0.39, 0.29) is 5.97 Å². The van der Waals surface area contributed by atoms with Crippen LogP contribution >= 0.6 is 0 Å². The molecule has 0 atom stereocenters. The van der Waals surface area contributed by atoms with Crippen LogP contribution in [0.25, 0.3) is 11.0 Å². The molecule has 0 spiro atoms. The van der Waals surface area contributed by atoms with Crippen LogP contribution in [0, 0.1) is 0 Å². The molecular weight excluding hydrogens is 252 g/mol. The van der Waals surface area contributed by atoms with E-state index in [9.17, 15) is 4.79 Å². The summed E-state index contributed by atoms with van der Waals surface area (Å²) in [4.78, 5) is 16.9. The zero-order valence-corrected chi connectivity index (χ0v) is 12.6. The van der Waals surface area contributed by atoms with E-state index in [1.54, 1.807) is 0 Å². The number of aromatic nitrogens is 2. The Bertz CT molecular complexity index is 614. The highest BCUT2D eigenvalue weighted by molar-refractivity contribution is 5.84. The lowest BCUT2D eigenvalue weighted by molar-refractivity contribution is -0.149. The van der Waals surface area contributed by atoms with Gasteiger partial charge in [-0.15, -0.1) is 0 Å². The zero-order valence-electron chi connectivity index (χ0n) is 12.6. The summed E-state index contributed by atoms with van der Waals surface area (Å²) in [5, 5.41) is 0. The Labute approximate surface area is 119 Å². The molecule has 0 saturated carbocycles. The average molecular weight is 274 g/mol. The molecule has 1 aromatic carbocycles. The molecule has 0 aliphatic carbocycles. The number of carbonyl (C=O) groups is 1. The van der Waals surface area contributed by atoms with Gasteiger partial charge in [-0.3, -0.25) is 4.79 Å². The van der Waals surface area contributed by atoms with Gasteiger partial charge in [-0.1, -0.05) is 19.1 Å². The average Bonchev–Trinajstić information content (AvgIpc) is 2.79. The Kier molecular flexibility index (Phi) is 4.12. The Morgan fingerprint density at radius 2 is 2.00 bits per heavy atom. The molecule has 0 saturated heterocycles. The first kappa shape index (κ1) is 14.6. The minimum absolute atomic E-state index is 0.229. The summed E-state index contributed by atoms with van der Waals surface area (Å²) in [7, 11) is 0. The quantitative estimate of drug-likeness (QED) is 0.786. The number of carbonyl (C=O) groups excluding carboxylic acids is 1. The highest BCUT2D eigenvalue weighted by atomic mass is 16.5. The van der Waals surface area contributed by atoms with E-state index in [2.05, 4.69) is 16.5 Å². The van der Waals surface area contributed by atoms with Gasteiger partial charge in [0.1, 0.15) is 11.2 Å². The minimum atomic E-state index is -0.746. The number of hydrogen-bond donors (Lipinski definition) is 0. The summed E-state index contributed by atoms with van der Waals surface area (Å²) in [6.07, 6.45) is 0.992. The largest absolute Gasteiger partial charge is 0.465 e. The van der Waals surface area contributed by atoms with Crippen LogP contribution in [-0.4, -0.2) is 22.1 Å². The summed E-state index contributed by atoms with van der Waals surface area (Å²) < 4.78 is 7.33. The number of aryl methyl sites for hydroxylation is 1. The smallest absolute Gasteiger partial charge is 0.319 e. The van der Waals surface area contributed by atoms with Crippen molar-refractivity contribution >= 4 is 17.0 Å². The lowest BCUT2D eigenvalue weighted by atomic mass is 9.92. The first-order chi connectivity index (χ1) is 9.52. The van der Waals surface area contributed by atoms with Crippen molar-refractivity contribution in [1.82, 2.24) is 9.55 Å². The van der Waals surface area contributed by atoms with Gasteiger partial charge in [-0.25, -0.2) is 4.98 Å². The van der Waals surface area contributed by atoms with E-state index in [1.165, 1.54) is 0 Å². The van der Waals surface area contributed by atoms with Crippen molar-refractivity contribution in [3.8, 4) is 0 Å². The van der Waals surface area contributed by atoms with E-state index < -0.39 is 5.41 Å². The standard InChI is InChI=1S/C16H22N2O2/c1-5-11-18-13-10-8-7-9-12(13)17-14(18)16(3,4)15(19)20-6-2/h7-10H,5-6,11H2,1-4H3. The Morgan fingerprint density at radius 3 is 2.65 bits per heavy atom. The summed E-state index contributed by atoms with van der Waals surface area (Å²) in [5.41, 5.74) is 1.25. The summed E-state index contributed by atoms with van der Waals surface area (Å²) in [6.45, 7) is 8.92. The third-order valence-corrected chi connectivity index (χ3v) is 3.45. The Hall–Kier alpha value is -1.84. The fourth-order valence-electron chi connectivity index (χ4n) is 2.41. The molecule has 20 heavy (non-hydrogen) atoms. The molecular formula is C16H22N2O2. The van der Waals surface area contributed by atoms with Crippen molar-refractivity contribution in [3.63, 3.8) is 0 Å². The second-order valence-corrected chi connectivity index (χ2v) is 5.42. The molecule has 0 aliphatic rings. The van der Waals surface area contributed by atoms with E-state index >= 15 is 0 Å². The van der Waals surface area contributed by atoms with Crippen molar-refractivity contribution in [2.24, 2.45) is 0 Å². The van der Waals surface area contributed by atoms with Gasteiger partial charge in [-0.2, -0.15) is 0 Å². The van der Waals surface area contributed by atoms with Crippen molar-refractivity contribution in [1.29, 1.82) is 0 Å². The molecule has 0 bridgehead atoms. The van der Waals surface area contributed by atoms with Gasteiger partial charge >= 0.3 is 5.97 Å². The number of nitrogens with zero attached hydrogens (tertiary/aromatic N) is 2. The summed E-state index contributed by atoms with van der Waals surface area (Å²) in [6, 6.07) is 7.99. The van der Waals surface area contributed by atoms with E-state index in [1.807, 2.05) is 45.0 Å². The monoisotopic (exact) mass is 274 g/mol. The maximum Gasteiger partial charge on any atom is 0.319 e. The molecule has 0 unspecified atom stereocenters. The van der Waals surface area contributed by atoms with Crippen molar-refractivity contribution in [3.05, 3.63) is 30.1 Å². The zero-order chi connectivity index (χ0) is 14.8. The van der Waals surface area contributed by atoms with Gasteiger partial charge in [-0.05, 0) is 39.3 Å². The minimum Gasteiger partial charge on any atom is -0.465 e. The second kappa shape index (κ2) is 5.65. The number of para-hydroxylation sites is 2. The van der Waals surface area contributed by atoms with Crippen LogP contribution in [0.3, 0.4) is 0 Å². The van der Waals surface area contributed by atoms with E-state index in [0.29, 0.717) is 6.61 Å². The number of imidazole rings is 1. The lowest BCUT2D eigenvalue weighted by Crippen LogP contribution is -2.34. The van der Waals surface area contributed by atoms with Crippen LogP contribution in [0.5, 0.6) is 0 Å². The summed E-state index contributed by atoms with van der Waals surface area (Å²) in [5.74, 6) is 0.548. The van der Waals surface area contributed by atoms with Crippen molar-refractivity contribution in [2.75, 3.05) is 6.61 Å². The molecule has 108 valence electrons. The van der Waals surface area contributed by atoms with Gasteiger partial charge < -0.3 is 9.30 Å². The van der Waals surface area contributed by atoms with Crippen molar-refractivity contribution in [2.45, 2.75) is 46.1 Å². The van der Waals surface area contributed by atoms with Crippen LogP contribution in [-0.2, 0) is 21.5 Å². The molecule has 0 amide bonds. The fourth-order valence-corrected chi connectivity index (χ4v) is 2.41. The molecule has 4 heteroatoms. The van der Waals surface area contributed by atoms with Crippen LogP contribution in [0.15, 0.2) is 24.3 Å². The van der Waals surface area contributed by atoms with Crippen LogP contribution in [0.2, 0.25) is 0 Å². The highest BCUT2D eigenvalue weighted by Gasteiger charge is 2.36. The first-order valence-electron chi connectivity index (χ1n) is 7.15. The molecule has 1 heterocycles. The topological polar surface area (TPSA) is 44.1 Å². The number of esters is 1. The molecule has 2 rings (SSSR count). The Morgan fingerprint density at radius 1 is 1.30 bits per heavy atom. The molecule has 1 aromatic heterocycles. The Balaban J connectivity index is 2.57. The van der Waals surface area contributed by atoms with Gasteiger partial charge in [0.05, 0.1) is 17.6 Å². The molecule has 4 nitrogen and oxygen atoms in total. The SMILES string of the molecule is CCCn1c(C(C)(C)C(=O)OCC)nc2ccccc21. The molecule has 2 aromatic rings. The third-order valence-electron chi connectivity index (χ3n) is 3.45. The number of rotatable bonds is 5. The number of ether oxygens (including phenoxy) is 1. The molecule has 0 N–H and O–H groups in total. The predicted octanol–water partition coefficient (Wildman–Crippen LogP) is 3.29. The highest BCUT2D eigenvalue weighted by Crippen LogP contribution is 2.28. The van der Waals surface area contributed by atoms with Crippen LogP contribution < -0.4 is 0 Å². The lowest BCUT2D eigenvalue weighted by Gasteiger charge is -2.23. The van der Waals surface area contributed by atoms with Crippen molar-refractivity contribution < 1.29 is 9.53 Å². The third kappa shape index (κ3) is 2.42. The number of fused-ring (bicyclic) bond motifs is 1. The maximum absolute atomic E-state index is 12.2. The van der Waals surface area contributed by atoms with E-state index in [4.69, 9.17) is 4.74 Å². The van der Waals surface area contributed by atoms with Gasteiger partial charge in [0.25, 0.3) is 0 Å².